The first-order valence-electron chi connectivity index (χ1n) is 8.07. The Morgan fingerprint density at radius 1 is 1.16 bits per heavy atom. The Bertz CT molecular complexity index is 805. The number of thiophene rings is 1. The summed E-state index contributed by atoms with van der Waals surface area (Å²) in [6.07, 6.45) is 0. The number of anilines is 1. The predicted octanol–water partition coefficient (Wildman–Crippen LogP) is 4.45. The highest BCUT2D eigenvalue weighted by molar-refractivity contribution is 7.91. The van der Waals surface area contributed by atoms with Crippen LogP contribution in [0.4, 0.5) is 10.5 Å². The monoisotopic (exact) mass is 380 g/mol. The summed E-state index contributed by atoms with van der Waals surface area (Å²) in [5.41, 5.74) is 0.410. The maximum atomic E-state index is 12.4. The van der Waals surface area contributed by atoms with E-state index in [0.29, 0.717) is 5.69 Å². The zero-order valence-electron chi connectivity index (χ0n) is 14.9. The summed E-state index contributed by atoms with van der Waals surface area (Å²) in [4.78, 5) is 13.7. The van der Waals surface area contributed by atoms with Crippen molar-refractivity contribution < 1.29 is 13.2 Å². The maximum absolute atomic E-state index is 12.4. The molecule has 0 fully saturated rings. The molecule has 2 rings (SSSR count). The Hall–Kier alpha value is -1.86. The Labute approximate surface area is 153 Å². The van der Waals surface area contributed by atoms with Crippen molar-refractivity contribution in [2.45, 2.75) is 38.6 Å². The van der Waals surface area contributed by atoms with Crippen molar-refractivity contribution in [3.8, 4) is 0 Å². The van der Waals surface area contributed by atoms with E-state index in [4.69, 9.17) is 0 Å². The molecule has 25 heavy (non-hydrogen) atoms. The lowest BCUT2D eigenvalue weighted by molar-refractivity contribution is 0.230. The van der Waals surface area contributed by atoms with E-state index in [9.17, 15) is 13.2 Å². The molecule has 0 aliphatic rings. The lowest BCUT2D eigenvalue weighted by Crippen LogP contribution is -2.38. The minimum atomic E-state index is -3.24. The molecule has 1 unspecified atom stereocenters. The molecule has 2 N–H and O–H groups in total. The summed E-state index contributed by atoms with van der Waals surface area (Å²) >= 11 is 1.60. The number of hydrogen-bond donors (Lipinski definition) is 2. The van der Waals surface area contributed by atoms with E-state index in [0.717, 1.165) is 4.88 Å². The van der Waals surface area contributed by atoms with Gasteiger partial charge in [0.25, 0.3) is 0 Å². The van der Waals surface area contributed by atoms with E-state index in [1.165, 1.54) is 12.1 Å². The van der Waals surface area contributed by atoms with Gasteiger partial charge in [-0.15, -0.1) is 11.3 Å². The number of urea groups is 1. The van der Waals surface area contributed by atoms with Crippen molar-refractivity contribution in [2.24, 2.45) is 5.41 Å². The van der Waals surface area contributed by atoms with Gasteiger partial charge in [0.15, 0.2) is 9.84 Å². The van der Waals surface area contributed by atoms with Crippen LogP contribution in [0.5, 0.6) is 0 Å². The first-order valence-corrected chi connectivity index (χ1v) is 10.6. The fourth-order valence-corrected chi connectivity index (χ4v) is 4.28. The second-order valence-electron chi connectivity index (χ2n) is 6.84. The summed E-state index contributed by atoms with van der Waals surface area (Å²) in [6, 6.07) is 9.74. The Balaban J connectivity index is 2.09. The van der Waals surface area contributed by atoms with Gasteiger partial charge in [-0.05, 0) is 41.1 Å². The summed E-state index contributed by atoms with van der Waals surface area (Å²) in [5, 5.41) is 7.76. The van der Waals surface area contributed by atoms with Crippen molar-refractivity contribution >= 4 is 32.9 Å². The van der Waals surface area contributed by atoms with Crippen LogP contribution in [0.2, 0.25) is 0 Å². The molecule has 0 aliphatic heterocycles. The van der Waals surface area contributed by atoms with Gasteiger partial charge in [0.2, 0.25) is 0 Å². The van der Waals surface area contributed by atoms with Crippen molar-refractivity contribution in [3.63, 3.8) is 0 Å². The highest BCUT2D eigenvalue weighted by Gasteiger charge is 2.28. The largest absolute Gasteiger partial charge is 0.330 e. The zero-order chi connectivity index (χ0) is 18.7. The SMILES string of the molecule is CCS(=O)(=O)c1ccc(NC(=O)NC(c2cccs2)C(C)(C)C)cc1. The van der Waals surface area contributed by atoms with E-state index < -0.39 is 9.84 Å². The van der Waals surface area contributed by atoms with Gasteiger partial charge in [0.05, 0.1) is 16.7 Å². The molecule has 0 saturated heterocycles. The average Bonchev–Trinajstić information content (AvgIpc) is 3.06. The lowest BCUT2D eigenvalue weighted by Gasteiger charge is -2.30. The van der Waals surface area contributed by atoms with Crippen molar-refractivity contribution in [1.82, 2.24) is 5.32 Å². The van der Waals surface area contributed by atoms with Crippen LogP contribution < -0.4 is 10.6 Å². The lowest BCUT2D eigenvalue weighted by atomic mass is 9.86. The highest BCUT2D eigenvalue weighted by Crippen LogP contribution is 2.35. The van der Waals surface area contributed by atoms with Gasteiger partial charge in [-0.1, -0.05) is 33.8 Å². The number of rotatable bonds is 5. The van der Waals surface area contributed by atoms with Crippen LogP contribution in [0, 0.1) is 5.41 Å². The Morgan fingerprint density at radius 3 is 2.28 bits per heavy atom. The third kappa shape index (κ3) is 5.06. The normalized spacial score (nSPS) is 13.3. The standard InChI is InChI=1S/C18H24N2O3S2/c1-5-25(22,23)14-10-8-13(9-11-14)19-17(21)20-16(18(2,3)4)15-7-6-12-24-15/h6-12,16H,5H2,1-4H3,(H2,19,20,21). The number of amides is 2. The van der Waals surface area contributed by atoms with Crippen LogP contribution in [0.3, 0.4) is 0 Å². The van der Waals surface area contributed by atoms with E-state index in [2.05, 4.69) is 31.4 Å². The van der Waals surface area contributed by atoms with Crippen molar-refractivity contribution in [2.75, 3.05) is 11.1 Å². The molecule has 0 spiro atoms. The Kier molecular flexibility index (Phi) is 5.90. The predicted molar refractivity (Wildman–Crippen MR) is 103 cm³/mol. The van der Waals surface area contributed by atoms with Crippen LogP contribution in [0.1, 0.15) is 38.6 Å². The van der Waals surface area contributed by atoms with Crippen LogP contribution >= 0.6 is 11.3 Å². The quantitative estimate of drug-likeness (QED) is 0.804. The molecule has 2 amide bonds. The van der Waals surface area contributed by atoms with Gasteiger partial charge >= 0.3 is 6.03 Å². The molecule has 0 radical (unpaired) electrons. The molecule has 1 aromatic carbocycles. The fraction of sp³-hybridized carbons (Fsp3) is 0.389. The number of hydrogen-bond acceptors (Lipinski definition) is 4. The van der Waals surface area contributed by atoms with Crippen LogP contribution in [-0.4, -0.2) is 20.2 Å². The van der Waals surface area contributed by atoms with E-state index in [-0.39, 0.29) is 28.1 Å². The van der Waals surface area contributed by atoms with Crippen molar-refractivity contribution in [3.05, 3.63) is 46.7 Å². The number of nitrogens with one attached hydrogen (secondary N) is 2. The van der Waals surface area contributed by atoms with E-state index in [1.807, 2.05) is 17.5 Å². The van der Waals surface area contributed by atoms with Gasteiger partial charge in [-0.25, -0.2) is 13.2 Å². The number of sulfone groups is 1. The van der Waals surface area contributed by atoms with E-state index in [1.54, 1.807) is 30.4 Å². The van der Waals surface area contributed by atoms with Gasteiger partial charge < -0.3 is 10.6 Å². The average molecular weight is 381 g/mol. The molecular weight excluding hydrogens is 356 g/mol. The van der Waals surface area contributed by atoms with Crippen LogP contribution in [-0.2, 0) is 9.84 Å². The Morgan fingerprint density at radius 2 is 1.80 bits per heavy atom. The third-order valence-electron chi connectivity index (χ3n) is 3.82. The van der Waals surface area contributed by atoms with Crippen LogP contribution in [0.25, 0.3) is 0 Å². The number of carbonyl (C=O) groups excluding carboxylic acids is 1. The van der Waals surface area contributed by atoms with Crippen LogP contribution in [0.15, 0.2) is 46.7 Å². The number of benzene rings is 1. The molecule has 0 bridgehead atoms. The molecule has 1 atom stereocenters. The second kappa shape index (κ2) is 7.58. The zero-order valence-corrected chi connectivity index (χ0v) is 16.5. The molecular formula is C18H24N2O3S2. The smallest absolute Gasteiger partial charge is 0.319 e. The maximum Gasteiger partial charge on any atom is 0.319 e. The molecule has 136 valence electrons. The first-order chi connectivity index (χ1) is 11.6. The summed E-state index contributed by atoms with van der Waals surface area (Å²) in [5.74, 6) is 0.0499. The van der Waals surface area contributed by atoms with Crippen molar-refractivity contribution in [1.29, 1.82) is 0 Å². The second-order valence-corrected chi connectivity index (χ2v) is 10.1. The minimum absolute atomic E-state index is 0.0499. The molecule has 0 aliphatic carbocycles. The summed E-state index contributed by atoms with van der Waals surface area (Å²) in [7, 11) is -3.24. The van der Waals surface area contributed by atoms with Gasteiger partial charge in [-0.2, -0.15) is 0 Å². The van der Waals surface area contributed by atoms with Gasteiger partial charge in [0, 0.05) is 10.6 Å². The fourth-order valence-electron chi connectivity index (χ4n) is 2.38. The summed E-state index contributed by atoms with van der Waals surface area (Å²) < 4.78 is 23.6. The topological polar surface area (TPSA) is 75.3 Å². The molecule has 7 heteroatoms. The third-order valence-corrected chi connectivity index (χ3v) is 6.51. The number of carbonyl (C=O) groups is 1. The highest BCUT2D eigenvalue weighted by atomic mass is 32.2. The molecule has 0 saturated carbocycles. The molecule has 1 heterocycles. The van der Waals surface area contributed by atoms with E-state index >= 15 is 0 Å². The molecule has 5 nitrogen and oxygen atoms in total. The molecule has 1 aromatic heterocycles. The van der Waals surface area contributed by atoms with Gasteiger partial charge in [-0.3, -0.25) is 0 Å². The minimum Gasteiger partial charge on any atom is -0.330 e. The van der Waals surface area contributed by atoms with Gasteiger partial charge in [0.1, 0.15) is 0 Å². The first kappa shape index (κ1) is 19.5. The molecule has 2 aromatic rings. The summed E-state index contributed by atoms with van der Waals surface area (Å²) in [6.45, 7) is 7.82.